The van der Waals surface area contributed by atoms with Crippen LogP contribution < -0.4 is 45.8 Å². The zero-order valence-electron chi connectivity index (χ0n) is 61.5. The lowest BCUT2D eigenvalue weighted by molar-refractivity contribution is 0.0837. The molecule has 112 heavy (non-hydrogen) atoms. The van der Waals surface area contributed by atoms with E-state index >= 15 is 0 Å². The van der Waals surface area contributed by atoms with Gasteiger partial charge in [0.1, 0.15) is 18.3 Å². The molecule has 34 nitrogen and oxygen atoms in total. The number of imidazole rings is 1. The number of fused-ring (bicyclic) bond motifs is 4. The minimum Gasteiger partial charge on any atom is -0.394 e. The largest absolute Gasteiger partial charge is 0.394 e. The maximum Gasteiger partial charge on any atom is 0.291 e. The molecule has 19 rings (SSSR count). The Morgan fingerprint density at radius 1 is 0.438 bits per heavy atom. The first-order valence-electron chi connectivity index (χ1n) is 37.0. The van der Waals surface area contributed by atoms with E-state index in [2.05, 4.69) is 111 Å². The van der Waals surface area contributed by atoms with Gasteiger partial charge in [-0.2, -0.15) is 0 Å². The molecular weight excluding hydrogens is 1430 g/mol. The number of aromatic nitrogens is 19. The van der Waals surface area contributed by atoms with Crippen molar-refractivity contribution in [1.29, 1.82) is 0 Å². The minimum absolute atomic E-state index is 0.0524. The van der Waals surface area contributed by atoms with E-state index in [0.29, 0.717) is 50.6 Å². The molecule has 4 amide bonds. The number of carbonyl (C=O) groups excluding carboxylic acids is 4. The van der Waals surface area contributed by atoms with Gasteiger partial charge in [-0.05, 0) is 99.2 Å². The first-order valence-corrected chi connectivity index (χ1v) is 37.0. The van der Waals surface area contributed by atoms with Crippen LogP contribution in [0.2, 0.25) is 0 Å². The van der Waals surface area contributed by atoms with Crippen molar-refractivity contribution >= 4 is 74.8 Å². The van der Waals surface area contributed by atoms with Crippen molar-refractivity contribution in [3.8, 4) is 11.4 Å². The summed E-state index contributed by atoms with van der Waals surface area (Å²) in [6.07, 6.45) is 39.2. The molecule has 12 aromatic heterocycles. The van der Waals surface area contributed by atoms with Crippen molar-refractivity contribution in [2.24, 2.45) is 0 Å². The zero-order valence-corrected chi connectivity index (χ0v) is 61.5. The van der Waals surface area contributed by atoms with Crippen LogP contribution in [0.4, 0.5) is 29.0 Å². The lowest BCUT2D eigenvalue weighted by Crippen LogP contribution is -2.53. The Hall–Kier alpha value is -13.6. The Kier molecular flexibility index (Phi) is 20.7. The second-order valence-electron chi connectivity index (χ2n) is 28.5. The van der Waals surface area contributed by atoms with E-state index < -0.39 is 22.9 Å². The Labute approximate surface area is 641 Å². The molecule has 5 aliphatic rings. The number of aliphatic hydroxyl groups excluding tert-OH is 2. The van der Waals surface area contributed by atoms with Crippen molar-refractivity contribution in [1.82, 2.24) is 113 Å². The van der Waals surface area contributed by atoms with Gasteiger partial charge in [0.2, 0.25) is 17.5 Å². The third-order valence-corrected chi connectivity index (χ3v) is 20.6. The zero-order chi connectivity index (χ0) is 76.7. The summed E-state index contributed by atoms with van der Waals surface area (Å²) in [5.74, 6) is 3.10. The first kappa shape index (κ1) is 72.6. The van der Waals surface area contributed by atoms with E-state index in [9.17, 15) is 29.4 Å². The van der Waals surface area contributed by atoms with Crippen LogP contribution in [0, 0.1) is 0 Å². The van der Waals surface area contributed by atoms with E-state index in [1.165, 1.54) is 25.5 Å². The number of rotatable bonds is 18. The number of hydrogen-bond acceptors (Lipinski definition) is 24. The number of amides is 4. The third kappa shape index (κ3) is 15.8. The Morgan fingerprint density at radius 3 is 1.36 bits per heavy atom. The highest BCUT2D eigenvalue weighted by Crippen LogP contribution is 2.38. The molecule has 16 heterocycles. The van der Waals surface area contributed by atoms with Crippen LogP contribution in [-0.2, 0) is 0 Å². The first-order chi connectivity index (χ1) is 54.7. The summed E-state index contributed by atoms with van der Waals surface area (Å²) in [6, 6.07) is 31.1. The fourth-order valence-electron chi connectivity index (χ4n) is 14.4. The Balaban J connectivity index is 0.000000113. The molecular formula is C78H82N28O6. The smallest absolute Gasteiger partial charge is 0.291 e. The second kappa shape index (κ2) is 31.9. The topological polar surface area (TPSA) is 368 Å². The molecule has 2 unspecified atom stereocenters. The van der Waals surface area contributed by atoms with Gasteiger partial charge in [0.25, 0.3) is 23.6 Å². The molecule has 5 fully saturated rings. The average Bonchev–Trinajstić information content (AvgIpc) is 1.61. The second-order valence-corrected chi connectivity index (χ2v) is 28.5. The van der Waals surface area contributed by atoms with Crippen LogP contribution in [0.25, 0.3) is 33.6 Å². The summed E-state index contributed by atoms with van der Waals surface area (Å²) in [5, 5.41) is 40.8. The Bertz CT molecular complexity index is 5270. The van der Waals surface area contributed by atoms with Gasteiger partial charge in [0.15, 0.2) is 28.9 Å². The number of nitrogens with one attached hydrogen (secondary N) is 4. The fourth-order valence-corrected chi connectivity index (χ4v) is 14.4. The molecule has 0 radical (unpaired) electrons. The summed E-state index contributed by atoms with van der Waals surface area (Å²) in [4.78, 5) is 109. The van der Waals surface area contributed by atoms with Gasteiger partial charge in [0, 0.05) is 171 Å². The van der Waals surface area contributed by atoms with Crippen molar-refractivity contribution in [3.63, 3.8) is 0 Å². The predicted molar refractivity (Wildman–Crippen MR) is 416 cm³/mol. The van der Waals surface area contributed by atoms with E-state index in [4.69, 9.17) is 0 Å². The van der Waals surface area contributed by atoms with Gasteiger partial charge >= 0.3 is 0 Å². The molecule has 570 valence electrons. The molecule has 4 aliphatic heterocycles. The number of anilines is 5. The summed E-state index contributed by atoms with van der Waals surface area (Å²) in [5.41, 5.74) is 6.17. The van der Waals surface area contributed by atoms with Gasteiger partial charge < -0.3 is 73.6 Å². The SMILES string of the molecule is CN(C)c1cnc(C(=O)N[C@H]2CCN(c3nccn4cccc34)C2)nc1.O=C(NC1(CO)CCN(c2nccn3cccc23)C1)c1ncn(-c2ccccc2)n1.O=C(NC1(CO)CCN(c2nccn3ccnc23)C1)c1ncn(-c2ccccc2)n1.O=C(N[C@H]1CCN(c2nccn3cccc23)C1)c1cnc(C2CC2)cn1. The van der Waals surface area contributed by atoms with Crippen molar-refractivity contribution in [2.75, 3.05) is 104 Å². The average molecular weight is 1510 g/mol. The van der Waals surface area contributed by atoms with Crippen LogP contribution in [-0.4, -0.2) is 229 Å². The maximum absolute atomic E-state index is 12.8. The monoisotopic (exact) mass is 1510 g/mol. The molecule has 4 saturated heterocycles. The maximum atomic E-state index is 12.8. The van der Waals surface area contributed by atoms with Gasteiger partial charge in [-0.15, -0.1) is 10.2 Å². The number of hydrogen-bond donors (Lipinski definition) is 6. The predicted octanol–water partition coefficient (Wildman–Crippen LogP) is 5.18. The Morgan fingerprint density at radius 2 is 0.893 bits per heavy atom. The highest BCUT2D eigenvalue weighted by molar-refractivity contribution is 5.93. The van der Waals surface area contributed by atoms with E-state index in [1.54, 1.807) is 58.9 Å². The summed E-state index contributed by atoms with van der Waals surface area (Å²) < 4.78 is 11.1. The molecule has 6 N–H and O–H groups in total. The molecule has 0 bridgehead atoms. The molecule has 4 atom stereocenters. The van der Waals surface area contributed by atoms with Gasteiger partial charge in [-0.25, -0.2) is 59.2 Å². The van der Waals surface area contributed by atoms with Crippen LogP contribution >= 0.6 is 0 Å². The highest BCUT2D eigenvalue weighted by atomic mass is 16.3. The highest BCUT2D eigenvalue weighted by Gasteiger charge is 2.43. The molecule has 1 aliphatic carbocycles. The number of nitrogens with zero attached hydrogens (tertiary/aromatic N) is 24. The molecule has 1 saturated carbocycles. The van der Waals surface area contributed by atoms with E-state index in [0.717, 1.165) is 107 Å². The van der Waals surface area contributed by atoms with Gasteiger partial charge in [0.05, 0.1) is 82.2 Å². The molecule has 0 spiro atoms. The number of benzene rings is 2. The van der Waals surface area contributed by atoms with Crippen LogP contribution in [0.15, 0.2) is 215 Å². The number of carbonyl (C=O) groups is 4. The molecule has 34 heteroatoms. The summed E-state index contributed by atoms with van der Waals surface area (Å²) in [7, 11) is 3.82. The quantitative estimate of drug-likeness (QED) is 0.0644. The molecule has 2 aromatic carbocycles. The fraction of sp³-hybridized carbons (Fsp3) is 0.295. The van der Waals surface area contributed by atoms with Crippen LogP contribution in [0.5, 0.6) is 0 Å². The summed E-state index contributed by atoms with van der Waals surface area (Å²) in [6.45, 7) is 4.97. The summed E-state index contributed by atoms with van der Waals surface area (Å²) >= 11 is 0. The van der Waals surface area contributed by atoms with Crippen molar-refractivity contribution in [2.45, 2.75) is 67.6 Å². The number of aliphatic hydroxyl groups is 2. The van der Waals surface area contributed by atoms with Gasteiger partial charge in [-0.1, -0.05) is 36.4 Å². The van der Waals surface area contributed by atoms with Gasteiger partial charge in [-0.3, -0.25) is 24.2 Å². The lowest BCUT2D eigenvalue weighted by Gasteiger charge is -2.28. The normalized spacial score (nSPS) is 18.6. The van der Waals surface area contributed by atoms with Crippen LogP contribution in [0.1, 0.15) is 92.5 Å². The minimum atomic E-state index is -0.809. The number of para-hydroxylation sites is 2. The van der Waals surface area contributed by atoms with Crippen molar-refractivity contribution in [3.05, 3.63) is 244 Å². The standard InChI is InChI=1S/C21H21N7O2.C20H20N8O2.C19H20N6O.C18H21N7O/c29-14-21(8-11-27(13-21)19-17-7-4-10-26(17)12-9-22-19)24-20(30)18-23-15-28(25-18)16-5-2-1-3-6-16;29-13-20(6-9-27(12-20)18-17-21-7-10-26(17)11-8-22-18)24-19(30)16-23-14-28(25-16)15-4-2-1-3-5-15;26-19(16-11-21-15(10-22-16)13-3-4-13)23-14-5-8-25(12-14)18-17-2-1-7-24(17)9-6-20-18;1-23(2)14-10-20-16(21-11-14)18(26)22-13-5-8-25(12-13)17-15-4-3-7-24(15)9-6-19-17/h1-7,9-10,12,15,29H,8,11,13-14H2,(H,24,30);1-5,7-8,10-11,14,29H,6,9,12-13H2,(H,24,30);1-2,6-7,9-11,13-14H,3-5,8,12H2,(H,23,26);3-4,6-7,9-11,13H,5,8,12H2,1-2H3,(H,22,26)/t;;14-;13-/m..00/s1. The van der Waals surface area contributed by atoms with Crippen molar-refractivity contribution < 1.29 is 29.4 Å². The molecule has 14 aromatic rings. The van der Waals surface area contributed by atoms with E-state index in [-0.39, 0.29) is 54.6 Å². The third-order valence-electron chi connectivity index (χ3n) is 20.6. The lowest BCUT2D eigenvalue weighted by atomic mass is 10.00. The van der Waals surface area contributed by atoms with Crippen LogP contribution in [0.3, 0.4) is 0 Å². The van der Waals surface area contributed by atoms with E-state index in [1.807, 2.05) is 184 Å².